The van der Waals surface area contributed by atoms with Crippen LogP contribution in [0.3, 0.4) is 0 Å². The standard InChI is InChI=1S/C15H21NO3/c1-4-8-19-14-7-6-12(9-15(14)18-3)10-16-13(5-2)11-17/h1,6-7,9,13,16-17H,5,8,10-11H2,2-3H3/t13-/m0/s1. The summed E-state index contributed by atoms with van der Waals surface area (Å²) in [5.74, 6) is 3.72. The van der Waals surface area contributed by atoms with E-state index >= 15 is 0 Å². The van der Waals surface area contributed by atoms with Gasteiger partial charge in [0.1, 0.15) is 6.61 Å². The van der Waals surface area contributed by atoms with Crippen molar-refractivity contribution in [3.05, 3.63) is 23.8 Å². The molecule has 4 heteroatoms. The predicted octanol–water partition coefficient (Wildman–Crippen LogP) is 1.57. The third-order valence-electron chi connectivity index (χ3n) is 2.85. The van der Waals surface area contributed by atoms with Crippen molar-refractivity contribution in [3.63, 3.8) is 0 Å². The minimum atomic E-state index is 0.114. The second-order valence-electron chi connectivity index (χ2n) is 4.15. The quantitative estimate of drug-likeness (QED) is 0.699. The molecule has 0 amide bonds. The van der Waals surface area contributed by atoms with E-state index in [-0.39, 0.29) is 19.3 Å². The molecule has 4 nitrogen and oxygen atoms in total. The monoisotopic (exact) mass is 263 g/mol. The Balaban J connectivity index is 2.68. The number of rotatable bonds is 8. The van der Waals surface area contributed by atoms with Gasteiger partial charge in [-0.3, -0.25) is 0 Å². The summed E-state index contributed by atoms with van der Waals surface area (Å²) in [7, 11) is 1.60. The van der Waals surface area contributed by atoms with Crippen molar-refractivity contribution in [2.45, 2.75) is 25.9 Å². The van der Waals surface area contributed by atoms with Gasteiger partial charge in [-0.15, -0.1) is 6.42 Å². The number of methoxy groups -OCH3 is 1. The highest BCUT2D eigenvalue weighted by Gasteiger charge is 2.07. The molecule has 0 heterocycles. The summed E-state index contributed by atoms with van der Waals surface area (Å²) in [5.41, 5.74) is 1.07. The van der Waals surface area contributed by atoms with Crippen LogP contribution in [0.1, 0.15) is 18.9 Å². The molecule has 1 rings (SSSR count). The minimum Gasteiger partial charge on any atom is -0.493 e. The Morgan fingerprint density at radius 3 is 2.79 bits per heavy atom. The first-order valence-electron chi connectivity index (χ1n) is 6.32. The van der Waals surface area contributed by atoms with E-state index in [0.29, 0.717) is 18.0 Å². The van der Waals surface area contributed by atoms with Gasteiger partial charge < -0.3 is 19.9 Å². The average molecular weight is 263 g/mol. The van der Waals surface area contributed by atoms with Crippen LogP contribution in [0.4, 0.5) is 0 Å². The fourth-order valence-electron chi connectivity index (χ4n) is 1.66. The average Bonchev–Trinajstić information content (AvgIpc) is 2.46. The van der Waals surface area contributed by atoms with E-state index in [0.717, 1.165) is 12.0 Å². The lowest BCUT2D eigenvalue weighted by Gasteiger charge is -2.15. The largest absolute Gasteiger partial charge is 0.493 e. The van der Waals surface area contributed by atoms with Gasteiger partial charge >= 0.3 is 0 Å². The highest BCUT2D eigenvalue weighted by Crippen LogP contribution is 2.27. The van der Waals surface area contributed by atoms with Gasteiger partial charge in [0.05, 0.1) is 13.7 Å². The molecule has 0 saturated carbocycles. The Hall–Kier alpha value is -1.70. The second-order valence-corrected chi connectivity index (χ2v) is 4.15. The number of hydrogen-bond donors (Lipinski definition) is 2. The van der Waals surface area contributed by atoms with E-state index in [1.54, 1.807) is 7.11 Å². The summed E-state index contributed by atoms with van der Waals surface area (Å²) >= 11 is 0. The van der Waals surface area contributed by atoms with Crippen LogP contribution in [0.15, 0.2) is 18.2 Å². The van der Waals surface area contributed by atoms with Crippen molar-refractivity contribution in [3.8, 4) is 23.8 Å². The maximum Gasteiger partial charge on any atom is 0.162 e. The third kappa shape index (κ3) is 4.82. The summed E-state index contributed by atoms with van der Waals surface area (Å²) < 4.78 is 10.7. The number of aliphatic hydroxyl groups is 1. The lowest BCUT2D eigenvalue weighted by Crippen LogP contribution is -2.31. The highest BCUT2D eigenvalue weighted by molar-refractivity contribution is 5.43. The molecule has 0 fully saturated rings. The number of aliphatic hydroxyl groups excluding tert-OH is 1. The van der Waals surface area contributed by atoms with E-state index in [2.05, 4.69) is 11.2 Å². The molecule has 1 aromatic carbocycles. The molecule has 0 bridgehead atoms. The molecule has 0 aromatic heterocycles. The van der Waals surface area contributed by atoms with Crippen LogP contribution in [0.25, 0.3) is 0 Å². The predicted molar refractivity (Wildman–Crippen MR) is 75.3 cm³/mol. The zero-order chi connectivity index (χ0) is 14.1. The first kappa shape index (κ1) is 15.4. The summed E-state index contributed by atoms with van der Waals surface area (Å²) in [4.78, 5) is 0. The first-order chi connectivity index (χ1) is 9.24. The van der Waals surface area contributed by atoms with Gasteiger partial charge in [-0.2, -0.15) is 0 Å². The number of hydrogen-bond acceptors (Lipinski definition) is 4. The van der Waals surface area contributed by atoms with Crippen molar-refractivity contribution < 1.29 is 14.6 Å². The van der Waals surface area contributed by atoms with Crippen LogP contribution in [0.2, 0.25) is 0 Å². The van der Waals surface area contributed by atoms with Crippen molar-refractivity contribution in [2.24, 2.45) is 0 Å². The zero-order valence-electron chi connectivity index (χ0n) is 11.5. The number of benzene rings is 1. The van der Waals surface area contributed by atoms with Crippen LogP contribution < -0.4 is 14.8 Å². The topological polar surface area (TPSA) is 50.7 Å². The molecule has 104 valence electrons. The van der Waals surface area contributed by atoms with Gasteiger partial charge in [-0.05, 0) is 24.1 Å². The number of terminal acetylenes is 1. The molecule has 0 aliphatic rings. The Labute approximate surface area is 114 Å². The summed E-state index contributed by atoms with van der Waals surface area (Å²) in [5, 5.41) is 12.4. The fraction of sp³-hybridized carbons (Fsp3) is 0.467. The Bertz CT molecular complexity index is 422. The molecule has 0 saturated heterocycles. The van der Waals surface area contributed by atoms with Gasteiger partial charge in [0.15, 0.2) is 11.5 Å². The maximum absolute atomic E-state index is 9.12. The molecule has 0 unspecified atom stereocenters. The van der Waals surface area contributed by atoms with Gasteiger partial charge in [0, 0.05) is 12.6 Å². The highest BCUT2D eigenvalue weighted by atomic mass is 16.5. The van der Waals surface area contributed by atoms with Gasteiger partial charge in [-0.1, -0.05) is 18.9 Å². The maximum atomic E-state index is 9.12. The number of nitrogens with one attached hydrogen (secondary N) is 1. The SMILES string of the molecule is C#CCOc1ccc(CN[C@@H](CC)CO)cc1OC. The van der Waals surface area contributed by atoms with Crippen molar-refractivity contribution in [1.29, 1.82) is 0 Å². The molecular weight excluding hydrogens is 242 g/mol. The van der Waals surface area contributed by atoms with Crippen molar-refractivity contribution in [1.82, 2.24) is 5.32 Å². The fourth-order valence-corrected chi connectivity index (χ4v) is 1.66. The lowest BCUT2D eigenvalue weighted by atomic mass is 10.1. The zero-order valence-corrected chi connectivity index (χ0v) is 11.5. The van der Waals surface area contributed by atoms with Crippen LogP contribution in [-0.2, 0) is 6.54 Å². The Morgan fingerprint density at radius 1 is 1.42 bits per heavy atom. The molecule has 1 aromatic rings. The number of ether oxygens (including phenoxy) is 2. The summed E-state index contributed by atoms with van der Waals surface area (Å²) in [6.07, 6.45) is 6.05. The minimum absolute atomic E-state index is 0.114. The van der Waals surface area contributed by atoms with Crippen LogP contribution >= 0.6 is 0 Å². The molecule has 2 N–H and O–H groups in total. The Morgan fingerprint density at radius 2 is 2.21 bits per heavy atom. The summed E-state index contributed by atoms with van der Waals surface area (Å²) in [6.45, 7) is 3.06. The van der Waals surface area contributed by atoms with Crippen LogP contribution in [-0.4, -0.2) is 31.5 Å². The van der Waals surface area contributed by atoms with Gasteiger partial charge in [0.2, 0.25) is 0 Å². The molecule has 1 atom stereocenters. The molecular formula is C15H21NO3. The van der Waals surface area contributed by atoms with E-state index in [4.69, 9.17) is 21.0 Å². The van der Waals surface area contributed by atoms with Gasteiger partial charge in [0.25, 0.3) is 0 Å². The van der Waals surface area contributed by atoms with Crippen molar-refractivity contribution in [2.75, 3.05) is 20.3 Å². The van der Waals surface area contributed by atoms with E-state index in [1.165, 1.54) is 0 Å². The lowest BCUT2D eigenvalue weighted by molar-refractivity contribution is 0.238. The molecule has 0 aliphatic carbocycles. The van der Waals surface area contributed by atoms with E-state index in [1.807, 2.05) is 25.1 Å². The molecule has 0 aliphatic heterocycles. The third-order valence-corrected chi connectivity index (χ3v) is 2.85. The Kier molecular flexibility index (Phi) is 6.80. The molecule has 19 heavy (non-hydrogen) atoms. The van der Waals surface area contributed by atoms with Crippen LogP contribution in [0, 0.1) is 12.3 Å². The molecule has 0 spiro atoms. The molecule has 0 radical (unpaired) electrons. The van der Waals surface area contributed by atoms with E-state index in [9.17, 15) is 0 Å². The smallest absolute Gasteiger partial charge is 0.162 e. The second kappa shape index (κ2) is 8.41. The normalized spacial score (nSPS) is 11.7. The summed E-state index contributed by atoms with van der Waals surface area (Å²) in [6, 6.07) is 5.81. The van der Waals surface area contributed by atoms with Crippen LogP contribution in [0.5, 0.6) is 11.5 Å². The van der Waals surface area contributed by atoms with Crippen molar-refractivity contribution >= 4 is 0 Å². The van der Waals surface area contributed by atoms with Gasteiger partial charge in [-0.25, -0.2) is 0 Å². The first-order valence-corrected chi connectivity index (χ1v) is 6.32. The van der Waals surface area contributed by atoms with E-state index < -0.39 is 0 Å².